The van der Waals surface area contributed by atoms with Crippen molar-refractivity contribution in [2.45, 2.75) is 34.1 Å². The molecule has 0 saturated carbocycles. The Hall–Kier alpha value is -0.960. The summed E-state index contributed by atoms with van der Waals surface area (Å²) < 4.78 is 0. The second kappa shape index (κ2) is 10.0. The van der Waals surface area contributed by atoms with E-state index < -0.39 is 0 Å². The Bertz CT molecular complexity index is 342. The topological polar surface area (TPSA) is 20.3 Å². The molecule has 0 N–H and O–H groups in total. The molecular formula is C15H25NOS. The Balaban J connectivity index is 0.00000137. The van der Waals surface area contributed by atoms with Crippen molar-refractivity contribution in [3.05, 3.63) is 35.6 Å². The zero-order valence-corrected chi connectivity index (χ0v) is 13.0. The minimum absolute atomic E-state index is 0.236. The minimum Gasteiger partial charge on any atom is -0.369 e. The summed E-state index contributed by atoms with van der Waals surface area (Å²) in [6, 6.07) is 0. The number of thioether (sulfide) groups is 1. The van der Waals surface area contributed by atoms with Gasteiger partial charge in [0.05, 0.1) is 6.54 Å². The lowest BCUT2D eigenvalue weighted by molar-refractivity contribution is -0.111. The summed E-state index contributed by atoms with van der Waals surface area (Å²) in [6.45, 7) is 8.57. The van der Waals surface area contributed by atoms with E-state index in [4.69, 9.17) is 0 Å². The maximum absolute atomic E-state index is 11.5. The van der Waals surface area contributed by atoms with Crippen LogP contribution < -0.4 is 0 Å². The molecule has 0 atom stereocenters. The molecule has 0 aliphatic heterocycles. The molecule has 0 aromatic rings. The van der Waals surface area contributed by atoms with Gasteiger partial charge in [0.1, 0.15) is 0 Å². The van der Waals surface area contributed by atoms with Gasteiger partial charge in [-0.2, -0.15) is 0 Å². The summed E-state index contributed by atoms with van der Waals surface area (Å²) >= 11 is 1.39. The fourth-order valence-corrected chi connectivity index (χ4v) is 2.11. The van der Waals surface area contributed by atoms with Gasteiger partial charge in [-0.15, -0.1) is 0 Å². The van der Waals surface area contributed by atoms with Crippen LogP contribution in [0.4, 0.5) is 0 Å². The van der Waals surface area contributed by atoms with Crippen molar-refractivity contribution in [1.29, 1.82) is 0 Å². The maximum Gasteiger partial charge on any atom is 0.208 e. The predicted octanol–water partition coefficient (Wildman–Crippen LogP) is 4.01. The van der Waals surface area contributed by atoms with Crippen LogP contribution in [-0.2, 0) is 4.79 Å². The van der Waals surface area contributed by atoms with Crippen molar-refractivity contribution in [2.24, 2.45) is 0 Å². The molecule has 0 bridgehead atoms. The van der Waals surface area contributed by atoms with Crippen molar-refractivity contribution >= 4 is 16.9 Å². The molecule has 102 valence electrons. The summed E-state index contributed by atoms with van der Waals surface area (Å²) in [5.41, 5.74) is 2.44. The van der Waals surface area contributed by atoms with Crippen LogP contribution in [0.15, 0.2) is 35.6 Å². The van der Waals surface area contributed by atoms with E-state index in [1.165, 1.54) is 23.0 Å². The van der Waals surface area contributed by atoms with Crippen LogP contribution in [0.1, 0.15) is 34.1 Å². The highest BCUT2D eigenvalue weighted by Crippen LogP contribution is 2.15. The molecular weight excluding hydrogens is 242 g/mol. The number of hydrogen-bond acceptors (Lipinski definition) is 3. The highest BCUT2D eigenvalue weighted by molar-refractivity contribution is 8.13. The second-order valence-electron chi connectivity index (χ2n) is 3.84. The molecule has 1 rings (SSSR count). The first-order valence-electron chi connectivity index (χ1n) is 6.54. The van der Waals surface area contributed by atoms with Gasteiger partial charge < -0.3 is 4.90 Å². The van der Waals surface area contributed by atoms with Crippen molar-refractivity contribution in [3.8, 4) is 0 Å². The van der Waals surface area contributed by atoms with E-state index in [0.717, 1.165) is 12.2 Å². The predicted molar refractivity (Wildman–Crippen MR) is 82.7 cm³/mol. The summed E-state index contributed by atoms with van der Waals surface area (Å²) in [5, 5.41) is 0.236. The first-order chi connectivity index (χ1) is 8.63. The number of rotatable bonds is 4. The zero-order chi connectivity index (χ0) is 14.0. The van der Waals surface area contributed by atoms with E-state index >= 15 is 0 Å². The SMILES string of the molecule is CC.CCSC(=O)CN(C)C1=CC=C(C)C=CC1. The van der Waals surface area contributed by atoms with Gasteiger partial charge in [-0.1, -0.05) is 56.3 Å². The van der Waals surface area contributed by atoms with Crippen LogP contribution in [-0.4, -0.2) is 29.4 Å². The maximum atomic E-state index is 11.5. The lowest BCUT2D eigenvalue weighted by Crippen LogP contribution is -2.23. The molecule has 1 aliphatic rings. The molecule has 3 heteroatoms. The van der Waals surface area contributed by atoms with Crippen LogP contribution in [0.3, 0.4) is 0 Å². The second-order valence-corrected chi connectivity index (χ2v) is 5.16. The van der Waals surface area contributed by atoms with Gasteiger partial charge in [-0.05, 0) is 18.8 Å². The van der Waals surface area contributed by atoms with Crippen molar-refractivity contribution in [3.63, 3.8) is 0 Å². The smallest absolute Gasteiger partial charge is 0.208 e. The van der Waals surface area contributed by atoms with E-state index in [0.29, 0.717) is 6.54 Å². The number of nitrogens with zero attached hydrogens (tertiary/aromatic N) is 1. The first-order valence-corrected chi connectivity index (χ1v) is 7.52. The summed E-state index contributed by atoms with van der Waals surface area (Å²) in [7, 11) is 1.97. The molecule has 0 saturated heterocycles. The third kappa shape index (κ3) is 6.70. The van der Waals surface area contributed by atoms with E-state index in [2.05, 4.69) is 31.2 Å². The highest BCUT2D eigenvalue weighted by atomic mass is 32.2. The van der Waals surface area contributed by atoms with Crippen molar-refractivity contribution in [2.75, 3.05) is 19.3 Å². The van der Waals surface area contributed by atoms with E-state index in [9.17, 15) is 4.79 Å². The Morgan fingerprint density at radius 3 is 2.67 bits per heavy atom. The Morgan fingerprint density at radius 2 is 2.06 bits per heavy atom. The van der Waals surface area contributed by atoms with Crippen LogP contribution in [0.25, 0.3) is 0 Å². The summed E-state index contributed by atoms with van der Waals surface area (Å²) in [6.07, 6.45) is 9.33. The largest absolute Gasteiger partial charge is 0.369 e. The monoisotopic (exact) mass is 267 g/mol. The molecule has 18 heavy (non-hydrogen) atoms. The molecule has 0 aromatic carbocycles. The molecule has 0 heterocycles. The van der Waals surface area contributed by atoms with Crippen molar-refractivity contribution < 1.29 is 4.79 Å². The van der Waals surface area contributed by atoms with Gasteiger partial charge in [0, 0.05) is 19.2 Å². The van der Waals surface area contributed by atoms with Gasteiger partial charge in [-0.3, -0.25) is 4.79 Å². The third-order valence-corrected chi connectivity index (χ3v) is 3.15. The Morgan fingerprint density at radius 1 is 1.39 bits per heavy atom. The van der Waals surface area contributed by atoms with E-state index in [1.54, 1.807) is 0 Å². The molecule has 2 nitrogen and oxygen atoms in total. The minimum atomic E-state index is 0.236. The van der Waals surface area contributed by atoms with Crippen LogP contribution in [0, 0.1) is 0 Å². The molecule has 0 aromatic heterocycles. The Labute approximate surface area is 116 Å². The standard InChI is InChI=1S/C13H19NOS.C2H6/c1-4-16-13(15)10-14(3)12-7-5-6-11(2)8-9-12;1-2/h5-6,8-9H,4,7,10H2,1-3H3;1-2H3. The number of hydrogen-bond donors (Lipinski definition) is 0. The summed E-state index contributed by atoms with van der Waals surface area (Å²) in [5.74, 6) is 0.852. The average molecular weight is 267 g/mol. The lowest BCUT2D eigenvalue weighted by Gasteiger charge is -2.20. The highest BCUT2D eigenvalue weighted by Gasteiger charge is 2.09. The van der Waals surface area contributed by atoms with E-state index in [1.807, 2.05) is 32.7 Å². The third-order valence-electron chi connectivity index (χ3n) is 2.41. The molecule has 0 radical (unpaired) electrons. The van der Waals surface area contributed by atoms with Crippen LogP contribution >= 0.6 is 11.8 Å². The van der Waals surface area contributed by atoms with Gasteiger partial charge in [0.2, 0.25) is 5.12 Å². The van der Waals surface area contributed by atoms with E-state index in [-0.39, 0.29) is 5.12 Å². The Kier molecular flexibility index (Phi) is 9.47. The van der Waals surface area contributed by atoms with Gasteiger partial charge >= 0.3 is 0 Å². The van der Waals surface area contributed by atoms with Gasteiger partial charge in [0.25, 0.3) is 0 Å². The first kappa shape index (κ1) is 17.0. The number of carbonyl (C=O) groups excluding carboxylic acids is 1. The lowest BCUT2D eigenvalue weighted by atomic mass is 10.2. The molecule has 1 aliphatic carbocycles. The quantitative estimate of drug-likeness (QED) is 0.767. The fraction of sp³-hybridized carbons (Fsp3) is 0.533. The molecule has 0 fully saturated rings. The number of likely N-dealkylation sites (N-methyl/N-ethyl adjacent to an activating group) is 1. The van der Waals surface area contributed by atoms with Gasteiger partial charge in [-0.25, -0.2) is 0 Å². The number of allylic oxidation sites excluding steroid dienone is 5. The normalized spacial score (nSPS) is 13.8. The van der Waals surface area contributed by atoms with Crippen LogP contribution in [0.5, 0.6) is 0 Å². The molecule has 0 spiro atoms. The average Bonchev–Trinajstić information content (AvgIpc) is 2.57. The number of carbonyl (C=O) groups is 1. The van der Waals surface area contributed by atoms with Crippen LogP contribution in [0.2, 0.25) is 0 Å². The zero-order valence-electron chi connectivity index (χ0n) is 12.2. The van der Waals surface area contributed by atoms with Crippen molar-refractivity contribution in [1.82, 2.24) is 4.90 Å². The van der Waals surface area contributed by atoms with Gasteiger partial charge in [0.15, 0.2) is 0 Å². The molecule has 0 unspecified atom stereocenters. The summed E-state index contributed by atoms with van der Waals surface area (Å²) in [4.78, 5) is 13.5. The fourth-order valence-electron chi connectivity index (χ4n) is 1.50. The molecule has 0 amide bonds.